The molecule has 0 bridgehead atoms. The second kappa shape index (κ2) is 11.2. The lowest BCUT2D eigenvalue weighted by Gasteiger charge is -2.27. The Morgan fingerprint density at radius 2 is 1.76 bits per heavy atom. The molecule has 0 fully saturated rings. The molecule has 9 heteroatoms. The minimum absolute atomic E-state index is 0.113. The van der Waals surface area contributed by atoms with E-state index in [2.05, 4.69) is 16.3 Å². The van der Waals surface area contributed by atoms with Gasteiger partial charge in [0.1, 0.15) is 0 Å². The Morgan fingerprint density at radius 3 is 2.33 bits per heavy atom. The van der Waals surface area contributed by atoms with Crippen LogP contribution in [0.4, 0.5) is 0 Å². The lowest BCUT2D eigenvalue weighted by atomic mass is 10.1. The van der Waals surface area contributed by atoms with E-state index in [-0.39, 0.29) is 10.5 Å². The van der Waals surface area contributed by atoms with Crippen molar-refractivity contribution >= 4 is 27.6 Å². The number of nitrogens with one attached hydrogen (secondary N) is 1. The van der Waals surface area contributed by atoms with Crippen LogP contribution in [0.3, 0.4) is 0 Å². The summed E-state index contributed by atoms with van der Waals surface area (Å²) in [4.78, 5) is 17.4. The van der Waals surface area contributed by atoms with Gasteiger partial charge in [-0.3, -0.25) is 9.88 Å². The molecule has 0 aliphatic rings. The molecule has 0 spiro atoms. The molecular formula is C24H24ClN3O4S. The average molecular weight is 486 g/mol. The van der Waals surface area contributed by atoms with Gasteiger partial charge in [-0.1, -0.05) is 35.9 Å². The maximum Gasteiger partial charge on any atom is 0.335 e. The third-order valence-corrected chi connectivity index (χ3v) is 6.66. The molecule has 0 aliphatic carbocycles. The molecule has 33 heavy (non-hydrogen) atoms. The fourth-order valence-corrected chi connectivity index (χ4v) is 4.59. The van der Waals surface area contributed by atoms with E-state index in [4.69, 9.17) is 16.7 Å². The van der Waals surface area contributed by atoms with Crippen LogP contribution >= 0.6 is 11.6 Å². The van der Waals surface area contributed by atoms with Crippen LogP contribution < -0.4 is 4.72 Å². The van der Waals surface area contributed by atoms with Crippen molar-refractivity contribution in [3.05, 3.63) is 107 Å². The number of halogens is 1. The van der Waals surface area contributed by atoms with Crippen LogP contribution in [0.1, 0.15) is 21.5 Å². The van der Waals surface area contributed by atoms with Gasteiger partial charge in [0.2, 0.25) is 10.0 Å². The maximum atomic E-state index is 12.8. The van der Waals surface area contributed by atoms with Crippen LogP contribution in [-0.4, -0.2) is 42.0 Å². The van der Waals surface area contributed by atoms with Gasteiger partial charge in [-0.05, 0) is 53.6 Å². The first-order valence-electron chi connectivity index (χ1n) is 10.1. The van der Waals surface area contributed by atoms with E-state index in [9.17, 15) is 13.2 Å². The topological polar surface area (TPSA) is 99.6 Å². The van der Waals surface area contributed by atoms with Crippen LogP contribution in [0.25, 0.3) is 0 Å². The molecule has 1 heterocycles. The molecule has 0 saturated carbocycles. The first-order chi connectivity index (χ1) is 15.8. The molecule has 1 atom stereocenters. The maximum absolute atomic E-state index is 12.8. The van der Waals surface area contributed by atoms with E-state index in [1.165, 1.54) is 24.3 Å². The molecule has 0 radical (unpaired) electrons. The summed E-state index contributed by atoms with van der Waals surface area (Å²) in [6, 6.07) is 15.7. The zero-order chi connectivity index (χ0) is 23.8. The molecule has 1 unspecified atom stereocenters. The molecule has 0 saturated heterocycles. The van der Waals surface area contributed by atoms with E-state index < -0.39 is 22.0 Å². The molecule has 3 aromatic rings. The van der Waals surface area contributed by atoms with E-state index in [0.717, 1.165) is 11.1 Å². The van der Waals surface area contributed by atoms with Crippen LogP contribution in [0.15, 0.2) is 90.6 Å². The number of carboxylic acids is 1. The molecular weight excluding hydrogens is 462 g/mol. The lowest BCUT2D eigenvalue weighted by Crippen LogP contribution is -2.42. The van der Waals surface area contributed by atoms with Gasteiger partial charge >= 0.3 is 5.97 Å². The molecule has 172 valence electrons. The highest BCUT2D eigenvalue weighted by Gasteiger charge is 2.21. The largest absolute Gasteiger partial charge is 0.478 e. The van der Waals surface area contributed by atoms with Crippen molar-refractivity contribution in [1.29, 1.82) is 0 Å². The summed E-state index contributed by atoms with van der Waals surface area (Å²) in [5.74, 6) is -0.989. The highest BCUT2D eigenvalue weighted by molar-refractivity contribution is 7.89. The summed E-state index contributed by atoms with van der Waals surface area (Å²) in [7, 11) is -3.78. The Bertz CT molecular complexity index is 1180. The normalized spacial score (nSPS) is 12.4. The second-order valence-corrected chi connectivity index (χ2v) is 9.60. The molecule has 2 N–H and O–H groups in total. The Morgan fingerprint density at radius 1 is 1.09 bits per heavy atom. The SMILES string of the molecule is C=CC(CN(Cc1ccc(C(=O)O)cc1)Cc1cccnc1)NS(=O)(=O)c1ccc(Cl)cc1. The van der Waals surface area contributed by atoms with E-state index >= 15 is 0 Å². The van der Waals surface area contributed by atoms with Crippen molar-refractivity contribution in [2.45, 2.75) is 24.0 Å². The van der Waals surface area contributed by atoms with Crippen LogP contribution in [-0.2, 0) is 23.1 Å². The Kier molecular flexibility index (Phi) is 8.35. The summed E-state index contributed by atoms with van der Waals surface area (Å²) in [5, 5.41) is 9.57. The average Bonchev–Trinajstić information content (AvgIpc) is 2.79. The summed E-state index contributed by atoms with van der Waals surface area (Å²) in [5.41, 5.74) is 2.06. The fourth-order valence-electron chi connectivity index (χ4n) is 3.26. The highest BCUT2D eigenvalue weighted by atomic mass is 35.5. The third kappa shape index (κ3) is 7.23. The Balaban J connectivity index is 1.78. The van der Waals surface area contributed by atoms with Gasteiger partial charge in [-0.25, -0.2) is 17.9 Å². The number of hydrogen-bond acceptors (Lipinski definition) is 5. The van der Waals surface area contributed by atoms with Crippen molar-refractivity contribution < 1.29 is 18.3 Å². The second-order valence-electron chi connectivity index (χ2n) is 7.45. The number of sulfonamides is 1. The number of hydrogen-bond donors (Lipinski definition) is 2. The Labute approximate surface area is 198 Å². The molecule has 1 aromatic heterocycles. The Hall–Kier alpha value is -3.04. The molecule has 7 nitrogen and oxygen atoms in total. The smallest absolute Gasteiger partial charge is 0.335 e. The predicted octanol–water partition coefficient (Wildman–Crippen LogP) is 3.97. The summed E-state index contributed by atoms with van der Waals surface area (Å²) < 4.78 is 28.3. The fraction of sp³-hybridized carbons (Fsp3) is 0.167. The van der Waals surface area contributed by atoms with Gasteiger partial charge in [-0.2, -0.15) is 0 Å². The number of benzene rings is 2. The minimum Gasteiger partial charge on any atom is -0.478 e. The van der Waals surface area contributed by atoms with Gasteiger partial charge in [0.25, 0.3) is 0 Å². The van der Waals surface area contributed by atoms with Gasteiger partial charge in [0.15, 0.2) is 0 Å². The number of carboxylic acid groups (broad SMARTS) is 1. The van der Waals surface area contributed by atoms with Crippen molar-refractivity contribution in [3.8, 4) is 0 Å². The number of nitrogens with zero attached hydrogens (tertiary/aromatic N) is 2. The lowest BCUT2D eigenvalue weighted by molar-refractivity contribution is 0.0697. The summed E-state index contributed by atoms with van der Waals surface area (Å²) >= 11 is 5.87. The van der Waals surface area contributed by atoms with Crippen molar-refractivity contribution in [2.24, 2.45) is 0 Å². The van der Waals surface area contributed by atoms with Crippen LogP contribution in [0.5, 0.6) is 0 Å². The molecule has 3 rings (SSSR count). The van der Waals surface area contributed by atoms with E-state index in [1.54, 1.807) is 42.7 Å². The number of rotatable bonds is 11. The van der Waals surface area contributed by atoms with Crippen molar-refractivity contribution in [3.63, 3.8) is 0 Å². The van der Waals surface area contributed by atoms with Gasteiger partial charge in [0.05, 0.1) is 16.5 Å². The van der Waals surface area contributed by atoms with Gasteiger partial charge < -0.3 is 5.11 Å². The summed E-state index contributed by atoms with van der Waals surface area (Å²) in [6.07, 6.45) is 4.99. The first kappa shape index (κ1) is 24.6. The van der Waals surface area contributed by atoms with Crippen molar-refractivity contribution in [2.75, 3.05) is 6.54 Å². The number of pyridine rings is 1. The molecule has 2 aromatic carbocycles. The molecule has 0 amide bonds. The quantitative estimate of drug-likeness (QED) is 0.399. The zero-order valence-electron chi connectivity index (χ0n) is 17.8. The third-order valence-electron chi connectivity index (χ3n) is 4.91. The first-order valence-corrected chi connectivity index (χ1v) is 12.0. The van der Waals surface area contributed by atoms with Crippen molar-refractivity contribution in [1.82, 2.24) is 14.6 Å². The minimum atomic E-state index is -3.78. The predicted molar refractivity (Wildman–Crippen MR) is 128 cm³/mol. The summed E-state index contributed by atoms with van der Waals surface area (Å²) in [6.45, 7) is 5.13. The standard InChI is InChI=1S/C24H24ClN3O4S/c1-2-22(27-33(31,32)23-11-9-21(25)10-12-23)17-28(16-19-4-3-13-26-14-19)15-18-5-7-20(8-6-18)24(29)30/h2-14,22,27H,1,15-17H2,(H,29,30). The monoisotopic (exact) mass is 485 g/mol. The van der Waals surface area contributed by atoms with Gasteiger partial charge in [0, 0.05) is 37.1 Å². The number of aromatic nitrogens is 1. The highest BCUT2D eigenvalue weighted by Crippen LogP contribution is 2.16. The van der Waals surface area contributed by atoms with Crippen LogP contribution in [0, 0.1) is 0 Å². The zero-order valence-corrected chi connectivity index (χ0v) is 19.3. The van der Waals surface area contributed by atoms with E-state index in [1.807, 2.05) is 17.0 Å². The van der Waals surface area contributed by atoms with Crippen LogP contribution in [0.2, 0.25) is 5.02 Å². The van der Waals surface area contributed by atoms with Gasteiger partial charge in [-0.15, -0.1) is 6.58 Å². The van der Waals surface area contributed by atoms with E-state index in [0.29, 0.717) is 24.7 Å². The number of aromatic carboxylic acids is 1. The molecule has 0 aliphatic heterocycles. The number of carbonyl (C=O) groups is 1.